The minimum atomic E-state index is -0.192. The van der Waals surface area contributed by atoms with Crippen molar-refractivity contribution in [2.75, 3.05) is 12.4 Å². The molecule has 0 aliphatic rings. The molecule has 0 unspecified atom stereocenters. The number of aryl methyl sites for hydroxylation is 1. The van der Waals surface area contributed by atoms with Crippen molar-refractivity contribution < 1.29 is 4.79 Å². The number of hydrogen-bond acceptors (Lipinski definition) is 5. The van der Waals surface area contributed by atoms with E-state index in [1.165, 1.54) is 0 Å². The molecular weight excluding hydrogens is 244 g/mol. The Balaban J connectivity index is 2.05. The van der Waals surface area contributed by atoms with Gasteiger partial charge in [-0.05, 0) is 19.1 Å². The van der Waals surface area contributed by atoms with E-state index in [-0.39, 0.29) is 5.91 Å². The predicted octanol–water partition coefficient (Wildman–Crippen LogP) is 0.665. The summed E-state index contributed by atoms with van der Waals surface area (Å²) in [7, 11) is 1.73. The Hall–Kier alpha value is -2.44. The number of anilines is 1. The quantitative estimate of drug-likeness (QED) is 0.825. The first-order chi connectivity index (χ1) is 9.26. The summed E-state index contributed by atoms with van der Waals surface area (Å²) in [4.78, 5) is 16.2. The molecule has 0 saturated heterocycles. The van der Waals surface area contributed by atoms with Crippen molar-refractivity contribution in [1.29, 1.82) is 0 Å². The van der Waals surface area contributed by atoms with E-state index in [1.54, 1.807) is 31.7 Å². The molecule has 0 aliphatic heterocycles. The summed E-state index contributed by atoms with van der Waals surface area (Å²) in [6.07, 6.45) is 3.28. The van der Waals surface area contributed by atoms with Gasteiger partial charge in [-0.15, -0.1) is 10.2 Å². The number of carbonyl (C=O) groups is 1. The summed E-state index contributed by atoms with van der Waals surface area (Å²) < 4.78 is 1.88. The Kier molecular flexibility index (Phi) is 4.07. The molecule has 100 valence electrons. The van der Waals surface area contributed by atoms with Gasteiger partial charge in [0.15, 0.2) is 5.82 Å². The maximum absolute atomic E-state index is 12.1. The third-order valence-corrected chi connectivity index (χ3v) is 2.73. The highest BCUT2D eigenvalue weighted by Gasteiger charge is 2.12. The van der Waals surface area contributed by atoms with Crippen molar-refractivity contribution in [3.05, 3.63) is 36.0 Å². The van der Waals surface area contributed by atoms with E-state index >= 15 is 0 Å². The smallest absolute Gasteiger partial charge is 0.255 e. The lowest BCUT2D eigenvalue weighted by Crippen LogP contribution is -2.25. The summed E-state index contributed by atoms with van der Waals surface area (Å²) in [6, 6.07) is 3.45. The fourth-order valence-electron chi connectivity index (χ4n) is 1.72. The third kappa shape index (κ3) is 2.87. The Morgan fingerprint density at radius 1 is 1.47 bits per heavy atom. The lowest BCUT2D eigenvalue weighted by Gasteiger charge is -2.08. The molecule has 0 aliphatic carbocycles. The highest BCUT2D eigenvalue weighted by Crippen LogP contribution is 2.10. The van der Waals surface area contributed by atoms with Gasteiger partial charge < -0.3 is 15.2 Å². The average Bonchev–Trinajstić information content (AvgIpc) is 2.92. The van der Waals surface area contributed by atoms with Crippen LogP contribution in [0.5, 0.6) is 0 Å². The molecule has 0 radical (unpaired) electrons. The molecule has 7 heteroatoms. The number of nitrogens with one attached hydrogen (secondary N) is 2. The molecule has 7 nitrogen and oxygen atoms in total. The van der Waals surface area contributed by atoms with E-state index in [0.717, 1.165) is 12.4 Å². The van der Waals surface area contributed by atoms with Crippen LogP contribution in [0.4, 0.5) is 5.82 Å². The number of carbonyl (C=O) groups excluding carboxylic acids is 1. The maximum Gasteiger partial charge on any atom is 0.255 e. The molecule has 1 amide bonds. The molecule has 2 heterocycles. The highest BCUT2D eigenvalue weighted by molar-refractivity contribution is 5.98. The van der Waals surface area contributed by atoms with Gasteiger partial charge in [0.1, 0.15) is 12.1 Å². The number of rotatable bonds is 5. The Bertz CT molecular complexity index is 565. The monoisotopic (exact) mass is 260 g/mol. The van der Waals surface area contributed by atoms with E-state index < -0.39 is 0 Å². The summed E-state index contributed by atoms with van der Waals surface area (Å²) >= 11 is 0. The molecule has 2 aromatic heterocycles. The Morgan fingerprint density at radius 3 is 3.05 bits per heavy atom. The van der Waals surface area contributed by atoms with Crippen LogP contribution in [0.15, 0.2) is 24.7 Å². The largest absolute Gasteiger partial charge is 0.372 e. The van der Waals surface area contributed by atoms with Crippen molar-refractivity contribution in [1.82, 2.24) is 25.1 Å². The van der Waals surface area contributed by atoms with Gasteiger partial charge in [0.05, 0.1) is 12.1 Å². The van der Waals surface area contributed by atoms with Gasteiger partial charge in [-0.1, -0.05) is 0 Å². The standard InChI is InChI=1S/C12H16N6O/c1-3-18-8-16-17-10(18)7-15-12(19)9-5-4-6-14-11(9)13-2/h4-6,8H,3,7H2,1-2H3,(H,13,14)(H,15,19). The topological polar surface area (TPSA) is 84.7 Å². The summed E-state index contributed by atoms with van der Waals surface area (Å²) in [5, 5.41) is 13.5. The minimum Gasteiger partial charge on any atom is -0.372 e. The van der Waals surface area contributed by atoms with E-state index in [4.69, 9.17) is 0 Å². The fraction of sp³-hybridized carbons (Fsp3) is 0.333. The van der Waals surface area contributed by atoms with Crippen molar-refractivity contribution in [2.24, 2.45) is 0 Å². The van der Waals surface area contributed by atoms with Crippen LogP contribution in [-0.4, -0.2) is 32.7 Å². The Morgan fingerprint density at radius 2 is 2.32 bits per heavy atom. The van der Waals surface area contributed by atoms with Crippen LogP contribution in [0.3, 0.4) is 0 Å². The van der Waals surface area contributed by atoms with Crippen LogP contribution in [0.1, 0.15) is 23.1 Å². The number of amides is 1. The van der Waals surface area contributed by atoms with Crippen LogP contribution in [-0.2, 0) is 13.1 Å². The van der Waals surface area contributed by atoms with Crippen LogP contribution < -0.4 is 10.6 Å². The summed E-state index contributed by atoms with van der Waals surface area (Å²) in [6.45, 7) is 3.10. The van der Waals surface area contributed by atoms with Crippen LogP contribution in [0.25, 0.3) is 0 Å². The minimum absolute atomic E-state index is 0.192. The van der Waals surface area contributed by atoms with E-state index in [2.05, 4.69) is 25.8 Å². The van der Waals surface area contributed by atoms with Crippen molar-refractivity contribution >= 4 is 11.7 Å². The summed E-state index contributed by atoms with van der Waals surface area (Å²) in [5.74, 6) is 1.09. The molecule has 0 spiro atoms. The summed E-state index contributed by atoms with van der Waals surface area (Å²) in [5.41, 5.74) is 0.507. The number of hydrogen-bond donors (Lipinski definition) is 2. The first-order valence-electron chi connectivity index (χ1n) is 6.04. The molecular formula is C12H16N6O. The molecule has 2 aromatic rings. The number of nitrogens with zero attached hydrogens (tertiary/aromatic N) is 4. The maximum atomic E-state index is 12.1. The normalized spacial score (nSPS) is 10.2. The van der Waals surface area contributed by atoms with E-state index in [0.29, 0.717) is 17.9 Å². The number of pyridine rings is 1. The van der Waals surface area contributed by atoms with Gasteiger partial charge >= 0.3 is 0 Å². The molecule has 0 bridgehead atoms. The second-order valence-electron chi connectivity index (χ2n) is 3.87. The van der Waals surface area contributed by atoms with Gasteiger partial charge in [-0.2, -0.15) is 0 Å². The van der Waals surface area contributed by atoms with Crippen LogP contribution in [0.2, 0.25) is 0 Å². The zero-order valence-electron chi connectivity index (χ0n) is 10.9. The fourth-order valence-corrected chi connectivity index (χ4v) is 1.72. The van der Waals surface area contributed by atoms with E-state index in [9.17, 15) is 4.79 Å². The lowest BCUT2D eigenvalue weighted by atomic mass is 10.2. The van der Waals surface area contributed by atoms with Crippen molar-refractivity contribution in [3.8, 4) is 0 Å². The predicted molar refractivity (Wildman–Crippen MR) is 70.6 cm³/mol. The van der Waals surface area contributed by atoms with Gasteiger partial charge in [-0.3, -0.25) is 4.79 Å². The van der Waals surface area contributed by atoms with Gasteiger partial charge in [0, 0.05) is 19.8 Å². The zero-order valence-corrected chi connectivity index (χ0v) is 10.9. The van der Waals surface area contributed by atoms with Gasteiger partial charge in [0.25, 0.3) is 5.91 Å². The molecule has 2 N–H and O–H groups in total. The van der Waals surface area contributed by atoms with Gasteiger partial charge in [-0.25, -0.2) is 4.98 Å². The second kappa shape index (κ2) is 5.94. The zero-order chi connectivity index (χ0) is 13.7. The number of aromatic nitrogens is 4. The lowest BCUT2D eigenvalue weighted by molar-refractivity contribution is 0.0950. The average molecular weight is 260 g/mol. The Labute approximate surface area is 111 Å². The first-order valence-corrected chi connectivity index (χ1v) is 6.04. The molecule has 0 fully saturated rings. The third-order valence-electron chi connectivity index (χ3n) is 2.73. The molecule has 0 aromatic carbocycles. The molecule has 0 saturated carbocycles. The molecule has 0 atom stereocenters. The van der Waals surface area contributed by atoms with Crippen LogP contribution in [0, 0.1) is 0 Å². The van der Waals surface area contributed by atoms with Gasteiger partial charge in [0.2, 0.25) is 0 Å². The van der Waals surface area contributed by atoms with Crippen LogP contribution >= 0.6 is 0 Å². The van der Waals surface area contributed by atoms with Crippen molar-refractivity contribution in [3.63, 3.8) is 0 Å². The van der Waals surface area contributed by atoms with E-state index in [1.807, 2.05) is 11.5 Å². The molecule has 19 heavy (non-hydrogen) atoms. The van der Waals surface area contributed by atoms with Crippen molar-refractivity contribution in [2.45, 2.75) is 20.0 Å². The SMILES string of the molecule is CCn1cnnc1CNC(=O)c1cccnc1NC. The second-order valence-corrected chi connectivity index (χ2v) is 3.87. The highest BCUT2D eigenvalue weighted by atomic mass is 16.1. The first kappa shape index (κ1) is 13.0. The molecule has 2 rings (SSSR count).